The molecule has 1 rings (SSSR count). The summed E-state index contributed by atoms with van der Waals surface area (Å²) in [5.41, 5.74) is 5.41. The number of halogens is 2. The third-order valence-electron chi connectivity index (χ3n) is 2.16. The molecule has 94 valence electrons. The van der Waals surface area contributed by atoms with E-state index in [0.29, 0.717) is 6.42 Å². The van der Waals surface area contributed by atoms with Crippen molar-refractivity contribution in [1.29, 1.82) is 0 Å². The van der Waals surface area contributed by atoms with Crippen molar-refractivity contribution in [3.8, 4) is 0 Å². The van der Waals surface area contributed by atoms with Crippen LogP contribution in [0.4, 0.5) is 14.5 Å². The van der Waals surface area contributed by atoms with Gasteiger partial charge in [-0.2, -0.15) is 11.8 Å². The highest BCUT2D eigenvalue weighted by Gasteiger charge is 2.15. The fourth-order valence-electron chi connectivity index (χ4n) is 1.19. The maximum Gasteiger partial charge on any atom is 0.241 e. The van der Waals surface area contributed by atoms with Gasteiger partial charge in [0.25, 0.3) is 0 Å². The standard InChI is InChI=1S/C11H14F2N2OS/c1-17-5-4-9(14)11(16)15-10-6-7(12)2-3-8(10)13/h2-3,6,9H,4-5,14H2,1H3,(H,15,16)/t9-/m1/s1. The highest BCUT2D eigenvalue weighted by molar-refractivity contribution is 7.98. The number of amides is 1. The molecule has 0 saturated carbocycles. The number of carbonyl (C=O) groups is 1. The smallest absolute Gasteiger partial charge is 0.241 e. The molecule has 1 aromatic carbocycles. The Kier molecular flexibility index (Phi) is 5.37. The minimum Gasteiger partial charge on any atom is -0.322 e. The molecule has 0 fully saturated rings. The van der Waals surface area contributed by atoms with Gasteiger partial charge in [-0.05, 0) is 30.6 Å². The zero-order valence-corrected chi connectivity index (χ0v) is 10.2. The fourth-order valence-corrected chi connectivity index (χ4v) is 1.68. The molecule has 6 heteroatoms. The monoisotopic (exact) mass is 260 g/mol. The SMILES string of the molecule is CSCC[C@@H](N)C(=O)Nc1cc(F)ccc1F. The first-order chi connectivity index (χ1) is 8.04. The molecule has 3 nitrogen and oxygen atoms in total. The molecule has 0 spiro atoms. The molecular weight excluding hydrogens is 246 g/mol. The Morgan fingerprint density at radius 2 is 2.24 bits per heavy atom. The van der Waals surface area contributed by atoms with E-state index in [1.165, 1.54) is 0 Å². The lowest BCUT2D eigenvalue weighted by Gasteiger charge is -2.12. The molecule has 0 radical (unpaired) electrons. The number of benzene rings is 1. The van der Waals surface area contributed by atoms with Crippen molar-refractivity contribution in [1.82, 2.24) is 0 Å². The van der Waals surface area contributed by atoms with E-state index < -0.39 is 23.6 Å². The first-order valence-electron chi connectivity index (χ1n) is 5.05. The number of anilines is 1. The molecule has 0 unspecified atom stereocenters. The molecule has 0 aliphatic carbocycles. The van der Waals surface area contributed by atoms with Crippen LogP contribution in [0.1, 0.15) is 6.42 Å². The number of hydrogen-bond donors (Lipinski definition) is 2. The van der Waals surface area contributed by atoms with Crippen LogP contribution in [-0.4, -0.2) is 24.0 Å². The van der Waals surface area contributed by atoms with E-state index >= 15 is 0 Å². The van der Waals surface area contributed by atoms with Crippen LogP contribution in [0.2, 0.25) is 0 Å². The van der Waals surface area contributed by atoms with Crippen LogP contribution in [0.3, 0.4) is 0 Å². The van der Waals surface area contributed by atoms with Crippen molar-refractivity contribution in [3.63, 3.8) is 0 Å². The van der Waals surface area contributed by atoms with E-state index in [4.69, 9.17) is 5.73 Å². The minimum atomic E-state index is -0.717. The molecular formula is C11H14F2N2OS. The van der Waals surface area contributed by atoms with Gasteiger partial charge in [-0.25, -0.2) is 8.78 Å². The Bertz CT molecular complexity index is 401. The Balaban J connectivity index is 2.64. The van der Waals surface area contributed by atoms with Crippen LogP contribution in [0.5, 0.6) is 0 Å². The summed E-state index contributed by atoms with van der Waals surface area (Å²) in [6, 6.07) is 2.15. The summed E-state index contributed by atoms with van der Waals surface area (Å²) in [6.45, 7) is 0. The van der Waals surface area contributed by atoms with Gasteiger partial charge in [-0.1, -0.05) is 0 Å². The number of nitrogens with one attached hydrogen (secondary N) is 1. The van der Waals surface area contributed by atoms with E-state index in [9.17, 15) is 13.6 Å². The molecule has 1 amide bonds. The zero-order chi connectivity index (χ0) is 12.8. The van der Waals surface area contributed by atoms with Gasteiger partial charge in [0, 0.05) is 6.07 Å². The second kappa shape index (κ2) is 6.56. The predicted molar refractivity (Wildman–Crippen MR) is 66.0 cm³/mol. The summed E-state index contributed by atoms with van der Waals surface area (Å²) in [7, 11) is 0. The average Bonchev–Trinajstić information content (AvgIpc) is 2.30. The van der Waals surface area contributed by atoms with E-state index in [0.717, 1.165) is 24.0 Å². The van der Waals surface area contributed by atoms with E-state index in [1.807, 2.05) is 6.26 Å². The van der Waals surface area contributed by atoms with Crippen molar-refractivity contribution in [2.45, 2.75) is 12.5 Å². The van der Waals surface area contributed by atoms with Gasteiger partial charge in [0.15, 0.2) is 0 Å². The average molecular weight is 260 g/mol. The van der Waals surface area contributed by atoms with Crippen LogP contribution in [0.15, 0.2) is 18.2 Å². The van der Waals surface area contributed by atoms with Gasteiger partial charge in [0.2, 0.25) is 5.91 Å². The second-order valence-corrected chi connectivity index (χ2v) is 4.49. The predicted octanol–water partition coefficient (Wildman–Crippen LogP) is 1.98. The summed E-state index contributed by atoms with van der Waals surface area (Å²) in [5, 5.41) is 2.27. The maximum absolute atomic E-state index is 13.2. The third-order valence-corrected chi connectivity index (χ3v) is 2.80. The van der Waals surface area contributed by atoms with Crippen LogP contribution in [0, 0.1) is 11.6 Å². The van der Waals surface area contributed by atoms with Gasteiger partial charge in [-0.15, -0.1) is 0 Å². The van der Waals surface area contributed by atoms with Crippen LogP contribution >= 0.6 is 11.8 Å². The lowest BCUT2D eigenvalue weighted by Crippen LogP contribution is -2.36. The molecule has 0 saturated heterocycles. The Labute approximate surface area is 103 Å². The highest BCUT2D eigenvalue weighted by Crippen LogP contribution is 2.15. The topological polar surface area (TPSA) is 55.1 Å². The lowest BCUT2D eigenvalue weighted by atomic mass is 10.2. The molecule has 0 heterocycles. The molecule has 1 aromatic rings. The number of nitrogens with two attached hydrogens (primary N) is 1. The normalized spacial score (nSPS) is 12.2. The Morgan fingerprint density at radius 3 is 2.88 bits per heavy atom. The number of hydrogen-bond acceptors (Lipinski definition) is 3. The molecule has 0 bridgehead atoms. The quantitative estimate of drug-likeness (QED) is 0.851. The van der Waals surface area contributed by atoms with Gasteiger partial charge in [0.1, 0.15) is 11.6 Å². The number of rotatable bonds is 5. The highest BCUT2D eigenvalue weighted by atomic mass is 32.2. The summed E-state index contributed by atoms with van der Waals surface area (Å²) >= 11 is 1.57. The summed E-state index contributed by atoms with van der Waals surface area (Å²) in [5.74, 6) is -1.07. The van der Waals surface area contributed by atoms with E-state index in [2.05, 4.69) is 5.32 Å². The molecule has 17 heavy (non-hydrogen) atoms. The van der Waals surface area contributed by atoms with E-state index in [1.54, 1.807) is 11.8 Å². The Hall–Kier alpha value is -1.14. The number of thioether (sulfide) groups is 1. The summed E-state index contributed by atoms with van der Waals surface area (Å²) < 4.78 is 26.1. The molecule has 1 atom stereocenters. The zero-order valence-electron chi connectivity index (χ0n) is 9.37. The van der Waals surface area contributed by atoms with E-state index in [-0.39, 0.29) is 5.69 Å². The van der Waals surface area contributed by atoms with Crippen LogP contribution in [-0.2, 0) is 4.79 Å². The minimum absolute atomic E-state index is 0.186. The second-order valence-electron chi connectivity index (χ2n) is 3.50. The van der Waals surface area contributed by atoms with Crippen molar-refractivity contribution in [2.24, 2.45) is 5.73 Å². The van der Waals surface area contributed by atoms with Crippen LogP contribution < -0.4 is 11.1 Å². The molecule has 0 aromatic heterocycles. The largest absolute Gasteiger partial charge is 0.322 e. The molecule has 3 N–H and O–H groups in total. The molecule has 0 aliphatic heterocycles. The van der Waals surface area contributed by atoms with Crippen molar-refractivity contribution < 1.29 is 13.6 Å². The van der Waals surface area contributed by atoms with Crippen LogP contribution in [0.25, 0.3) is 0 Å². The fraction of sp³-hybridized carbons (Fsp3) is 0.364. The summed E-state index contributed by atoms with van der Waals surface area (Å²) in [6.07, 6.45) is 2.39. The first-order valence-corrected chi connectivity index (χ1v) is 6.44. The third kappa shape index (κ3) is 4.32. The first kappa shape index (κ1) is 13.9. The molecule has 0 aliphatic rings. The number of carbonyl (C=O) groups excluding carboxylic acids is 1. The van der Waals surface area contributed by atoms with Gasteiger partial charge < -0.3 is 11.1 Å². The van der Waals surface area contributed by atoms with Crippen molar-refractivity contribution in [3.05, 3.63) is 29.8 Å². The van der Waals surface area contributed by atoms with Gasteiger partial charge in [0.05, 0.1) is 11.7 Å². The van der Waals surface area contributed by atoms with Gasteiger partial charge in [-0.3, -0.25) is 4.79 Å². The van der Waals surface area contributed by atoms with Crippen molar-refractivity contribution in [2.75, 3.05) is 17.3 Å². The van der Waals surface area contributed by atoms with Gasteiger partial charge >= 0.3 is 0 Å². The maximum atomic E-state index is 13.2. The Morgan fingerprint density at radius 1 is 1.53 bits per heavy atom. The van der Waals surface area contributed by atoms with Crippen molar-refractivity contribution >= 4 is 23.4 Å². The lowest BCUT2D eigenvalue weighted by molar-refractivity contribution is -0.117. The summed E-state index contributed by atoms with van der Waals surface area (Å²) in [4.78, 5) is 11.5.